The van der Waals surface area contributed by atoms with E-state index in [2.05, 4.69) is 15.3 Å². The van der Waals surface area contributed by atoms with Crippen molar-refractivity contribution < 1.29 is 9.63 Å². The molecule has 0 fully saturated rings. The summed E-state index contributed by atoms with van der Waals surface area (Å²) >= 11 is 0. The van der Waals surface area contributed by atoms with Gasteiger partial charge in [-0.1, -0.05) is 30.3 Å². The average molecular weight is 221 g/mol. The van der Waals surface area contributed by atoms with Crippen LogP contribution < -0.4 is 11.1 Å². The molecule has 0 atom stereocenters. The molecular weight excluding hydrogens is 206 g/mol. The summed E-state index contributed by atoms with van der Waals surface area (Å²) in [4.78, 5) is 15.8. The lowest BCUT2D eigenvalue weighted by Gasteiger charge is -2.03. The van der Waals surface area contributed by atoms with Gasteiger partial charge in [-0.25, -0.2) is 0 Å². The van der Waals surface area contributed by atoms with Crippen LogP contribution in [0.3, 0.4) is 0 Å². The maximum Gasteiger partial charge on any atom is 0.237 e. The van der Waals surface area contributed by atoms with Crippen molar-refractivity contribution in [1.29, 1.82) is 0 Å². The van der Waals surface area contributed by atoms with Crippen LogP contribution in [0.25, 0.3) is 0 Å². The van der Waals surface area contributed by atoms with E-state index in [1.54, 1.807) is 0 Å². The second-order valence-electron chi connectivity index (χ2n) is 3.19. The summed E-state index contributed by atoms with van der Waals surface area (Å²) in [7, 11) is 1.36. The number of aryl methyl sites for hydroxylation is 1. The second kappa shape index (κ2) is 6.44. The molecule has 0 heterocycles. The molecule has 0 aromatic heterocycles. The largest absolute Gasteiger partial charge is 0.396 e. The molecule has 1 aromatic rings. The topological polar surface area (TPSA) is 76.7 Å². The van der Waals surface area contributed by atoms with Gasteiger partial charge in [-0.3, -0.25) is 10.1 Å². The Morgan fingerprint density at radius 2 is 2.12 bits per heavy atom. The Kier molecular flexibility index (Phi) is 4.85. The molecule has 0 saturated carbocycles. The zero-order chi connectivity index (χ0) is 11.8. The second-order valence-corrected chi connectivity index (χ2v) is 3.19. The van der Waals surface area contributed by atoms with Crippen molar-refractivity contribution in [3.05, 3.63) is 35.9 Å². The number of nitrogens with zero attached hydrogens (tertiary/aromatic N) is 1. The molecule has 1 amide bonds. The monoisotopic (exact) mass is 221 g/mol. The first-order valence-electron chi connectivity index (χ1n) is 4.93. The van der Waals surface area contributed by atoms with Gasteiger partial charge in [0.05, 0.1) is 0 Å². The lowest BCUT2D eigenvalue weighted by molar-refractivity contribution is -0.119. The van der Waals surface area contributed by atoms with Gasteiger partial charge in [0.2, 0.25) is 11.9 Å². The maximum atomic E-state index is 11.4. The van der Waals surface area contributed by atoms with Gasteiger partial charge in [-0.2, -0.15) is 0 Å². The highest BCUT2D eigenvalue weighted by Gasteiger charge is 2.03. The highest BCUT2D eigenvalue weighted by atomic mass is 16.6. The number of oxime groups is 1. The summed E-state index contributed by atoms with van der Waals surface area (Å²) in [5, 5.41) is 5.80. The number of rotatable bonds is 4. The zero-order valence-electron chi connectivity index (χ0n) is 9.14. The van der Waals surface area contributed by atoms with Gasteiger partial charge in [0.15, 0.2) is 0 Å². The molecule has 16 heavy (non-hydrogen) atoms. The molecule has 0 aliphatic carbocycles. The van der Waals surface area contributed by atoms with Gasteiger partial charge in [0.1, 0.15) is 7.11 Å². The zero-order valence-corrected chi connectivity index (χ0v) is 9.14. The number of guanidine groups is 1. The third-order valence-corrected chi connectivity index (χ3v) is 1.94. The minimum atomic E-state index is -0.179. The van der Waals surface area contributed by atoms with Crippen LogP contribution in [0.15, 0.2) is 35.5 Å². The number of carbonyl (C=O) groups is 1. The summed E-state index contributed by atoms with van der Waals surface area (Å²) in [6.45, 7) is 0. The van der Waals surface area contributed by atoms with Crippen LogP contribution in [0.2, 0.25) is 0 Å². The summed E-state index contributed by atoms with van der Waals surface area (Å²) in [6.07, 6.45) is 1.04. The number of amides is 1. The van der Waals surface area contributed by atoms with Crippen LogP contribution in [-0.2, 0) is 16.1 Å². The highest BCUT2D eigenvalue weighted by Crippen LogP contribution is 2.01. The average Bonchev–Trinajstić information content (AvgIpc) is 2.28. The molecule has 0 aliphatic rings. The Morgan fingerprint density at radius 1 is 1.44 bits per heavy atom. The number of nitrogens with one attached hydrogen (secondary N) is 1. The Balaban J connectivity index is 2.33. The van der Waals surface area contributed by atoms with E-state index in [9.17, 15) is 4.79 Å². The molecule has 0 radical (unpaired) electrons. The normalized spacial score (nSPS) is 10.9. The Morgan fingerprint density at radius 3 is 2.75 bits per heavy atom. The van der Waals surface area contributed by atoms with Crippen molar-refractivity contribution in [2.75, 3.05) is 7.11 Å². The van der Waals surface area contributed by atoms with Gasteiger partial charge in [0.25, 0.3) is 0 Å². The quantitative estimate of drug-likeness (QED) is 0.444. The van der Waals surface area contributed by atoms with Gasteiger partial charge < -0.3 is 10.6 Å². The van der Waals surface area contributed by atoms with Crippen LogP contribution in [0, 0.1) is 0 Å². The molecule has 0 saturated heterocycles. The van der Waals surface area contributed by atoms with Crippen molar-refractivity contribution in [2.45, 2.75) is 12.8 Å². The Hall–Kier alpha value is -2.04. The predicted octanol–water partition coefficient (Wildman–Crippen LogP) is 0.611. The van der Waals surface area contributed by atoms with Gasteiger partial charge >= 0.3 is 0 Å². The molecule has 1 aromatic carbocycles. The van der Waals surface area contributed by atoms with Gasteiger partial charge in [-0.15, -0.1) is 0 Å². The molecule has 86 valence electrons. The Labute approximate surface area is 94.3 Å². The van der Waals surface area contributed by atoms with Crippen molar-refractivity contribution in [2.24, 2.45) is 10.9 Å². The first-order valence-corrected chi connectivity index (χ1v) is 4.93. The van der Waals surface area contributed by atoms with Gasteiger partial charge in [0, 0.05) is 6.42 Å². The van der Waals surface area contributed by atoms with E-state index in [4.69, 9.17) is 5.73 Å². The fourth-order valence-electron chi connectivity index (χ4n) is 1.23. The van der Waals surface area contributed by atoms with Crippen LogP contribution in [0.4, 0.5) is 0 Å². The molecule has 5 heteroatoms. The van der Waals surface area contributed by atoms with E-state index < -0.39 is 0 Å². The molecule has 1 rings (SSSR count). The highest BCUT2D eigenvalue weighted by molar-refractivity contribution is 5.95. The molecule has 0 aliphatic heterocycles. The molecular formula is C11H15N3O2. The summed E-state index contributed by atoms with van der Waals surface area (Å²) in [6, 6.07) is 9.76. The number of hydrogen-bond acceptors (Lipinski definition) is 3. The van der Waals surface area contributed by atoms with Crippen molar-refractivity contribution >= 4 is 11.9 Å². The van der Waals surface area contributed by atoms with Crippen LogP contribution in [-0.4, -0.2) is 19.0 Å². The van der Waals surface area contributed by atoms with E-state index in [0.29, 0.717) is 12.8 Å². The summed E-state index contributed by atoms with van der Waals surface area (Å²) < 4.78 is 0. The van der Waals surface area contributed by atoms with E-state index in [1.807, 2.05) is 30.3 Å². The lowest BCUT2D eigenvalue weighted by atomic mass is 10.1. The molecule has 3 N–H and O–H groups in total. The van der Waals surface area contributed by atoms with Crippen molar-refractivity contribution in [3.8, 4) is 0 Å². The molecule has 0 unspecified atom stereocenters. The minimum absolute atomic E-state index is 0.0273. The summed E-state index contributed by atoms with van der Waals surface area (Å²) in [5.41, 5.74) is 6.46. The summed E-state index contributed by atoms with van der Waals surface area (Å²) in [5.74, 6) is -0.206. The fraction of sp³-hybridized carbons (Fsp3) is 0.273. The van der Waals surface area contributed by atoms with Crippen molar-refractivity contribution in [1.82, 2.24) is 5.32 Å². The standard InChI is InChI=1S/C11H15N3O2/c1-16-14-11(12)13-10(15)8-7-9-5-3-2-4-6-9/h2-6H,7-8H2,1H3,(H3,12,13,14,15). The first kappa shape index (κ1) is 12.0. The molecule has 5 nitrogen and oxygen atoms in total. The minimum Gasteiger partial charge on any atom is -0.396 e. The first-order chi connectivity index (χ1) is 7.72. The van der Waals surface area contributed by atoms with Crippen molar-refractivity contribution in [3.63, 3.8) is 0 Å². The third kappa shape index (κ3) is 4.45. The number of benzene rings is 1. The number of carbonyl (C=O) groups excluding carboxylic acids is 1. The smallest absolute Gasteiger partial charge is 0.237 e. The van der Waals surface area contributed by atoms with E-state index >= 15 is 0 Å². The number of nitrogens with two attached hydrogens (primary N) is 1. The molecule has 0 spiro atoms. The van der Waals surface area contributed by atoms with E-state index in [1.165, 1.54) is 7.11 Å². The third-order valence-electron chi connectivity index (χ3n) is 1.94. The maximum absolute atomic E-state index is 11.4. The molecule has 0 bridgehead atoms. The van der Waals surface area contributed by atoms with Crippen LogP contribution in [0.5, 0.6) is 0 Å². The van der Waals surface area contributed by atoms with Gasteiger partial charge in [-0.05, 0) is 17.1 Å². The van der Waals surface area contributed by atoms with E-state index in [-0.39, 0.29) is 11.9 Å². The SMILES string of the molecule is CON=C(N)NC(=O)CCc1ccccc1. The fourth-order valence-corrected chi connectivity index (χ4v) is 1.23. The Bertz CT molecular complexity index is 363. The van der Waals surface area contributed by atoms with Crippen LogP contribution >= 0.6 is 0 Å². The lowest BCUT2D eigenvalue weighted by Crippen LogP contribution is -2.36. The number of hydrogen-bond donors (Lipinski definition) is 2. The van der Waals surface area contributed by atoms with E-state index in [0.717, 1.165) is 5.56 Å². The van der Waals surface area contributed by atoms with Crippen LogP contribution in [0.1, 0.15) is 12.0 Å². The predicted molar refractivity (Wildman–Crippen MR) is 61.5 cm³/mol.